The Bertz CT molecular complexity index is 46.8. The number of hydrogen-bond donors (Lipinski definition) is 0. The van der Waals surface area contributed by atoms with Crippen LogP contribution in [0.1, 0.15) is 0 Å². The molecular weight excluding hydrogens is 75.0 g/mol. The SMILES string of the molecule is [Li][CH2]C(=O)OC. The zero-order valence-electron chi connectivity index (χ0n) is 4.02. The second-order valence-electron chi connectivity index (χ2n) is 0.930. The Morgan fingerprint density at radius 1 is 2.00 bits per heavy atom. The minimum atomic E-state index is -0.157. The number of carbonyl (C=O) groups excluding carboxylic acids is 1. The fourth-order valence-corrected chi connectivity index (χ4v) is 0.144. The molecule has 0 saturated carbocycles. The molecule has 2 nitrogen and oxygen atoms in total. The van der Waals surface area contributed by atoms with Crippen LogP contribution in [0.5, 0.6) is 0 Å². The van der Waals surface area contributed by atoms with Crippen LogP contribution in [-0.4, -0.2) is 30.8 Å². The number of hydrogen-bond acceptors (Lipinski definition) is 2. The van der Waals surface area contributed by atoms with E-state index >= 15 is 0 Å². The van der Waals surface area contributed by atoms with Crippen LogP contribution in [0.15, 0.2) is 0 Å². The molecule has 0 N–H and O–H groups in total. The summed E-state index contributed by atoms with van der Waals surface area (Å²) in [5, 5.41) is 0.469. The number of ether oxygens (including phenoxy) is 1. The van der Waals surface area contributed by atoms with Crippen molar-refractivity contribution in [3.8, 4) is 0 Å². The molecule has 0 aromatic heterocycles. The second kappa shape index (κ2) is 3.26. The summed E-state index contributed by atoms with van der Waals surface area (Å²) in [6, 6.07) is 0. The molecule has 30 valence electrons. The fourth-order valence-electron chi connectivity index (χ4n) is 0.144. The van der Waals surface area contributed by atoms with Crippen LogP contribution in [0.25, 0.3) is 0 Å². The molecule has 3 heteroatoms. The van der Waals surface area contributed by atoms with Crippen molar-refractivity contribution in [3.63, 3.8) is 0 Å². The molecule has 0 bridgehead atoms. The molecule has 0 rings (SSSR count). The second-order valence-corrected chi connectivity index (χ2v) is 0.930. The van der Waals surface area contributed by atoms with Crippen molar-refractivity contribution in [1.82, 2.24) is 0 Å². The van der Waals surface area contributed by atoms with Gasteiger partial charge in [0.25, 0.3) is 0 Å². The van der Waals surface area contributed by atoms with E-state index in [1.165, 1.54) is 7.11 Å². The normalized spacial score (nSPS) is 7.83. The monoisotopic (exact) mass is 80.0 g/mol. The summed E-state index contributed by atoms with van der Waals surface area (Å²) in [7, 11) is 1.38. The Balaban J connectivity index is 2.99. The Hall–Kier alpha value is 0.0674. The van der Waals surface area contributed by atoms with Gasteiger partial charge in [0.15, 0.2) is 0 Å². The predicted octanol–water partition coefficient (Wildman–Crippen LogP) is -0.254. The number of esters is 1. The van der Waals surface area contributed by atoms with E-state index in [0.717, 1.165) is 0 Å². The topological polar surface area (TPSA) is 26.3 Å². The van der Waals surface area contributed by atoms with Crippen molar-refractivity contribution in [2.75, 3.05) is 7.11 Å². The van der Waals surface area contributed by atoms with Gasteiger partial charge in [-0.05, 0) is 0 Å². The molecule has 0 aliphatic heterocycles. The van der Waals surface area contributed by atoms with Gasteiger partial charge in [-0.15, -0.1) is 0 Å². The van der Waals surface area contributed by atoms with Crippen LogP contribution in [0, 0.1) is 0 Å². The zero-order valence-corrected chi connectivity index (χ0v) is 4.02. The van der Waals surface area contributed by atoms with Gasteiger partial charge in [0, 0.05) is 0 Å². The first kappa shape index (κ1) is 6.07. The van der Waals surface area contributed by atoms with Gasteiger partial charge in [0.1, 0.15) is 0 Å². The van der Waals surface area contributed by atoms with Gasteiger partial charge in [0.05, 0.1) is 0 Å². The predicted molar refractivity (Wildman–Crippen MR) is 22.6 cm³/mol. The maximum absolute atomic E-state index is 9.96. The zero-order chi connectivity index (χ0) is 4.99. The van der Waals surface area contributed by atoms with Gasteiger partial charge in [0.2, 0.25) is 0 Å². The summed E-state index contributed by atoms with van der Waals surface area (Å²) >= 11 is 1.76. The molecule has 0 heterocycles. The Labute approximate surface area is 46.1 Å². The van der Waals surface area contributed by atoms with Crippen LogP contribution in [0.4, 0.5) is 0 Å². The number of methoxy groups -OCH3 is 1. The molecule has 0 radical (unpaired) electrons. The van der Waals surface area contributed by atoms with E-state index < -0.39 is 0 Å². The quantitative estimate of drug-likeness (QED) is 0.320. The average molecular weight is 80.0 g/mol. The molecule has 6 heavy (non-hydrogen) atoms. The molecule has 0 aliphatic rings. The molecular formula is C3H5LiO2. The van der Waals surface area contributed by atoms with Crippen LogP contribution in [0.3, 0.4) is 0 Å². The van der Waals surface area contributed by atoms with E-state index in [0.29, 0.717) is 5.09 Å². The molecule has 0 aromatic rings. The van der Waals surface area contributed by atoms with Crippen molar-refractivity contribution in [2.45, 2.75) is 5.09 Å². The van der Waals surface area contributed by atoms with Crippen LogP contribution >= 0.6 is 0 Å². The standard InChI is InChI=1S/C3H5O2.Li/c1-3(4)5-2;/h1H2,2H3;. The van der Waals surface area contributed by atoms with Crippen LogP contribution < -0.4 is 0 Å². The number of rotatable bonds is 1. The van der Waals surface area contributed by atoms with E-state index in [9.17, 15) is 4.79 Å². The van der Waals surface area contributed by atoms with Crippen molar-refractivity contribution < 1.29 is 9.53 Å². The van der Waals surface area contributed by atoms with Gasteiger partial charge < -0.3 is 0 Å². The molecule has 0 aromatic carbocycles. The molecule has 0 fully saturated rings. The first-order valence-electron chi connectivity index (χ1n) is 1.88. The summed E-state index contributed by atoms with van der Waals surface area (Å²) in [5.74, 6) is -0.157. The van der Waals surface area contributed by atoms with Crippen molar-refractivity contribution in [1.29, 1.82) is 0 Å². The van der Waals surface area contributed by atoms with E-state index in [1.807, 2.05) is 0 Å². The van der Waals surface area contributed by atoms with Crippen molar-refractivity contribution >= 4 is 23.7 Å². The van der Waals surface area contributed by atoms with Crippen LogP contribution in [-0.2, 0) is 9.53 Å². The fraction of sp³-hybridized carbons (Fsp3) is 0.667. The third-order valence-corrected chi connectivity index (χ3v) is 0.516. The third kappa shape index (κ3) is 2.31. The van der Waals surface area contributed by atoms with Crippen LogP contribution in [0.2, 0.25) is 5.09 Å². The molecule has 0 aliphatic carbocycles. The summed E-state index contributed by atoms with van der Waals surface area (Å²) in [6.07, 6.45) is 0. The van der Waals surface area contributed by atoms with Gasteiger partial charge in [-0.3, -0.25) is 0 Å². The Morgan fingerprint density at radius 2 is 2.50 bits per heavy atom. The van der Waals surface area contributed by atoms with Gasteiger partial charge in [-0.25, -0.2) is 0 Å². The van der Waals surface area contributed by atoms with E-state index in [2.05, 4.69) is 4.74 Å². The number of carbonyl (C=O) groups is 1. The van der Waals surface area contributed by atoms with Gasteiger partial charge in [-0.1, -0.05) is 0 Å². The third-order valence-electron chi connectivity index (χ3n) is 0.516. The summed E-state index contributed by atoms with van der Waals surface area (Å²) in [6.45, 7) is 0. The van der Waals surface area contributed by atoms with Crippen molar-refractivity contribution in [2.24, 2.45) is 0 Å². The van der Waals surface area contributed by atoms with E-state index in [4.69, 9.17) is 0 Å². The molecule has 0 amide bonds. The first-order chi connectivity index (χ1) is 2.81. The first-order valence-corrected chi connectivity index (χ1v) is 1.88. The molecule has 0 saturated heterocycles. The summed E-state index contributed by atoms with van der Waals surface area (Å²) < 4.78 is 4.26. The summed E-state index contributed by atoms with van der Waals surface area (Å²) in [4.78, 5) is 9.96. The van der Waals surface area contributed by atoms with Crippen molar-refractivity contribution in [3.05, 3.63) is 0 Å². The molecule has 0 atom stereocenters. The average Bonchev–Trinajstić information content (AvgIpc) is 1.65. The van der Waals surface area contributed by atoms with Gasteiger partial charge in [-0.2, -0.15) is 0 Å². The van der Waals surface area contributed by atoms with E-state index in [-0.39, 0.29) is 5.97 Å². The molecule has 0 spiro atoms. The minimum absolute atomic E-state index is 0.157. The summed E-state index contributed by atoms with van der Waals surface area (Å²) in [5.41, 5.74) is 0. The molecule has 0 unspecified atom stereocenters. The maximum atomic E-state index is 9.96. The van der Waals surface area contributed by atoms with Gasteiger partial charge >= 0.3 is 45.4 Å². The van der Waals surface area contributed by atoms with E-state index in [1.54, 1.807) is 17.7 Å². The Morgan fingerprint density at radius 3 is 2.50 bits per heavy atom. The Kier molecular flexibility index (Phi) is 3.30.